The van der Waals surface area contributed by atoms with Crippen LogP contribution in [-0.2, 0) is 18.9 Å². The second-order valence-corrected chi connectivity index (χ2v) is 7.75. The van der Waals surface area contributed by atoms with E-state index in [0.29, 0.717) is 18.8 Å². The number of rotatable bonds is 5. The summed E-state index contributed by atoms with van der Waals surface area (Å²) in [5.74, 6) is -0.325. The summed E-state index contributed by atoms with van der Waals surface area (Å²) in [6, 6.07) is 0. The second-order valence-electron chi connectivity index (χ2n) is 6.68. The molecule has 0 aromatic rings. The van der Waals surface area contributed by atoms with Gasteiger partial charge in [-0.15, -0.1) is 4.33 Å². The topological polar surface area (TPSA) is 85.2 Å². The molecule has 0 saturated heterocycles. The van der Waals surface area contributed by atoms with Crippen molar-refractivity contribution in [1.82, 2.24) is 0 Å². The number of carbonyl (C=O) groups excluding carboxylic acids is 1. The number of ether oxygens (including phenoxy) is 1. The minimum atomic E-state index is -2.47. The van der Waals surface area contributed by atoms with Crippen LogP contribution in [0.25, 0.3) is 0 Å². The molecule has 0 aliphatic heterocycles. The van der Waals surface area contributed by atoms with Gasteiger partial charge in [0.1, 0.15) is 5.60 Å². The molecule has 0 aromatic carbocycles. The van der Waals surface area contributed by atoms with E-state index in [9.17, 15) is 14.3 Å². The Kier molecular flexibility index (Phi) is 3.94. The third kappa shape index (κ3) is 2.79. The minimum Gasteiger partial charge on any atom is -0.456 e. The van der Waals surface area contributed by atoms with E-state index in [1.54, 1.807) is 0 Å². The van der Waals surface area contributed by atoms with Gasteiger partial charge in [-0.3, -0.25) is 0 Å². The molecule has 0 amide bonds. The summed E-state index contributed by atoms with van der Waals surface area (Å²) < 4.78 is 23.7. The van der Waals surface area contributed by atoms with E-state index in [2.05, 4.69) is 9.37 Å². The van der Waals surface area contributed by atoms with Crippen LogP contribution < -0.4 is 0 Å². The number of aliphatic hydroxyl groups is 1. The van der Waals surface area contributed by atoms with Gasteiger partial charge in [0.15, 0.2) is 0 Å². The molecule has 4 bridgehead atoms. The molecule has 4 saturated carbocycles. The molecule has 0 aromatic heterocycles. The molecule has 4 rings (SSSR count). The summed E-state index contributed by atoms with van der Waals surface area (Å²) in [7, 11) is 0. The van der Waals surface area contributed by atoms with Crippen molar-refractivity contribution in [2.75, 3.05) is 0 Å². The Hall–Kier alpha value is -0.410. The molecule has 0 spiro atoms. The molecule has 8 heteroatoms. The maximum Gasteiger partial charge on any atom is 0.357 e. The Morgan fingerprint density at radius 1 is 1.33 bits per heavy atom. The van der Waals surface area contributed by atoms with E-state index in [1.165, 1.54) is 0 Å². The summed E-state index contributed by atoms with van der Waals surface area (Å²) in [4.78, 5) is 12.0. The maximum atomic E-state index is 14.2. The predicted octanol–water partition coefficient (Wildman–Crippen LogP) is 2.22. The maximum absolute atomic E-state index is 14.2. The van der Waals surface area contributed by atoms with E-state index in [0.717, 1.165) is 26.2 Å². The van der Waals surface area contributed by atoms with E-state index in [-0.39, 0.29) is 30.0 Å². The molecular weight excluding hydrogens is 303 g/mol. The Labute approximate surface area is 126 Å². The Bertz CT molecular complexity index is 415. The monoisotopic (exact) mass is 322 g/mol. The number of halogens is 1. The van der Waals surface area contributed by atoms with Gasteiger partial charge in [-0.2, -0.15) is 0 Å². The molecule has 4 aliphatic rings. The first-order valence-corrected chi connectivity index (χ1v) is 7.86. The van der Waals surface area contributed by atoms with E-state index in [1.807, 2.05) is 0 Å². The zero-order valence-corrected chi connectivity index (χ0v) is 12.5. The molecule has 6 nitrogen and oxygen atoms in total. The summed E-state index contributed by atoms with van der Waals surface area (Å²) >= 11 is 0.0531. The van der Waals surface area contributed by atoms with Gasteiger partial charge in [0.05, 0.1) is 18.1 Å². The van der Waals surface area contributed by atoms with Gasteiger partial charge in [0.25, 0.3) is 5.00 Å². The molecule has 21 heavy (non-hydrogen) atoms. The van der Waals surface area contributed by atoms with Gasteiger partial charge in [-0.1, -0.05) is 5.04 Å². The number of aliphatic hydroxyl groups excluding tert-OH is 1. The fourth-order valence-corrected chi connectivity index (χ4v) is 4.72. The van der Waals surface area contributed by atoms with Crippen LogP contribution in [0.15, 0.2) is 0 Å². The summed E-state index contributed by atoms with van der Waals surface area (Å²) in [5.41, 5.74) is -0.666. The first-order valence-electron chi connectivity index (χ1n) is 7.11. The van der Waals surface area contributed by atoms with Crippen LogP contribution in [0, 0.1) is 17.8 Å². The lowest BCUT2D eigenvalue weighted by Crippen LogP contribution is -2.59. The third-order valence-electron chi connectivity index (χ3n) is 5.06. The van der Waals surface area contributed by atoms with Gasteiger partial charge >= 0.3 is 5.97 Å². The van der Waals surface area contributed by atoms with Crippen LogP contribution in [0.1, 0.15) is 39.0 Å². The van der Waals surface area contributed by atoms with Crippen molar-refractivity contribution < 1.29 is 33.7 Å². The zero-order chi connectivity index (χ0) is 15.3. The Morgan fingerprint density at radius 2 is 1.95 bits per heavy atom. The molecule has 0 heterocycles. The molecule has 0 radical (unpaired) electrons. The number of esters is 1. The average molecular weight is 322 g/mol. The Balaban J connectivity index is 1.69. The Morgan fingerprint density at radius 3 is 2.52 bits per heavy atom. The van der Waals surface area contributed by atoms with Crippen molar-refractivity contribution in [1.29, 1.82) is 0 Å². The van der Waals surface area contributed by atoms with E-state index < -0.39 is 16.6 Å². The zero-order valence-electron chi connectivity index (χ0n) is 11.7. The fourth-order valence-electron chi connectivity index (χ4n) is 4.45. The molecule has 4 aliphatic carbocycles. The third-order valence-corrected chi connectivity index (χ3v) is 5.67. The highest BCUT2D eigenvalue weighted by atomic mass is 32.2. The summed E-state index contributed by atoms with van der Waals surface area (Å²) in [5, 5.41) is 19.1. The fraction of sp³-hybridized carbons (Fsp3) is 0.923. The van der Waals surface area contributed by atoms with Crippen LogP contribution in [0.5, 0.6) is 0 Å². The van der Waals surface area contributed by atoms with Gasteiger partial charge in [-0.05, 0) is 56.8 Å². The van der Waals surface area contributed by atoms with E-state index >= 15 is 0 Å². The first kappa shape index (κ1) is 15.5. The number of carbonyl (C=O) groups is 1. The van der Waals surface area contributed by atoms with Crippen molar-refractivity contribution in [3.05, 3.63) is 0 Å². The van der Waals surface area contributed by atoms with Crippen molar-refractivity contribution >= 4 is 18.0 Å². The largest absolute Gasteiger partial charge is 0.456 e. The second kappa shape index (κ2) is 5.34. The van der Waals surface area contributed by atoms with Crippen molar-refractivity contribution in [3.63, 3.8) is 0 Å². The molecule has 3 atom stereocenters. The van der Waals surface area contributed by atoms with Gasteiger partial charge in [-0.25, -0.2) is 14.4 Å². The predicted molar refractivity (Wildman–Crippen MR) is 70.3 cm³/mol. The van der Waals surface area contributed by atoms with Crippen molar-refractivity contribution in [2.45, 2.75) is 55.7 Å². The lowest BCUT2D eigenvalue weighted by atomic mass is 9.53. The lowest BCUT2D eigenvalue weighted by molar-refractivity contribution is -0.432. The standard InChI is InChI=1S/C13H19FO6S/c1-12(14,21-20-19-17)11(16)18-13-4-7-2-8(5-13)10(15)9(3-7)6-13/h7-10,15,17H,2-6H2,1H3. The van der Waals surface area contributed by atoms with Gasteiger partial charge < -0.3 is 9.84 Å². The first-order chi connectivity index (χ1) is 9.85. The highest BCUT2D eigenvalue weighted by Crippen LogP contribution is 2.57. The molecule has 3 unspecified atom stereocenters. The molecular formula is C13H19FO6S. The summed E-state index contributed by atoms with van der Waals surface area (Å²) in [6.45, 7) is 0.994. The lowest BCUT2D eigenvalue weighted by Gasteiger charge is -2.57. The van der Waals surface area contributed by atoms with Crippen LogP contribution in [0.3, 0.4) is 0 Å². The molecule has 2 N–H and O–H groups in total. The van der Waals surface area contributed by atoms with Gasteiger partial charge in [0.2, 0.25) is 0 Å². The van der Waals surface area contributed by atoms with E-state index in [4.69, 9.17) is 9.99 Å². The minimum absolute atomic E-state index is 0.0531. The van der Waals surface area contributed by atoms with Crippen LogP contribution >= 0.6 is 12.0 Å². The van der Waals surface area contributed by atoms with Crippen molar-refractivity contribution in [3.8, 4) is 0 Å². The van der Waals surface area contributed by atoms with Crippen LogP contribution in [0.2, 0.25) is 0 Å². The van der Waals surface area contributed by atoms with Crippen LogP contribution in [0.4, 0.5) is 4.39 Å². The number of hydrogen-bond donors (Lipinski definition) is 2. The SMILES string of the molecule is CC(F)(SOOO)C(=O)OC12CC3CC(C1)C(O)C(C3)C2. The number of alkyl halides is 1. The highest BCUT2D eigenvalue weighted by molar-refractivity contribution is 7.96. The smallest absolute Gasteiger partial charge is 0.357 e. The van der Waals surface area contributed by atoms with Gasteiger partial charge in [0, 0.05) is 0 Å². The normalized spacial score (nSPS) is 43.6. The molecule has 4 fully saturated rings. The average Bonchev–Trinajstić information content (AvgIpc) is 2.41. The van der Waals surface area contributed by atoms with Crippen molar-refractivity contribution in [2.24, 2.45) is 17.8 Å². The molecule has 120 valence electrons. The quantitative estimate of drug-likeness (QED) is 0.347. The van der Waals surface area contributed by atoms with Crippen LogP contribution in [-0.4, -0.2) is 33.0 Å². The summed E-state index contributed by atoms with van der Waals surface area (Å²) in [6.07, 6.45) is 3.50. The number of hydrogen-bond acceptors (Lipinski definition) is 7. The highest BCUT2D eigenvalue weighted by Gasteiger charge is 2.58.